The third-order valence-electron chi connectivity index (χ3n) is 4.18. The van der Waals surface area contributed by atoms with E-state index in [-0.39, 0.29) is 48.9 Å². The summed E-state index contributed by atoms with van der Waals surface area (Å²) in [6.45, 7) is 0.220. The summed E-state index contributed by atoms with van der Waals surface area (Å²) < 4.78 is 24.4. The molecule has 2 rings (SSSR count). The SMILES string of the molecule is N#CCCN(C(=O)CCC(=O)NCCS(=O)(=O)c1ccccc1)c1ccccc1. The van der Waals surface area contributed by atoms with Crippen LogP contribution in [0.2, 0.25) is 0 Å². The van der Waals surface area contributed by atoms with Crippen molar-refractivity contribution in [2.45, 2.75) is 24.2 Å². The van der Waals surface area contributed by atoms with Crippen LogP contribution < -0.4 is 10.2 Å². The largest absolute Gasteiger partial charge is 0.355 e. The van der Waals surface area contributed by atoms with Crippen molar-refractivity contribution in [3.8, 4) is 6.07 Å². The van der Waals surface area contributed by atoms with Gasteiger partial charge in [-0.2, -0.15) is 5.26 Å². The zero-order valence-corrected chi connectivity index (χ0v) is 16.8. The number of carbonyl (C=O) groups excluding carboxylic acids is 2. The first-order valence-electron chi connectivity index (χ1n) is 9.21. The zero-order chi connectivity index (χ0) is 21.1. The monoisotopic (exact) mass is 413 g/mol. The molecule has 152 valence electrons. The molecule has 0 fully saturated rings. The lowest BCUT2D eigenvalue weighted by atomic mass is 10.2. The van der Waals surface area contributed by atoms with Gasteiger partial charge in [-0.15, -0.1) is 0 Å². The maximum atomic E-state index is 12.5. The average Bonchev–Trinajstić information content (AvgIpc) is 2.74. The summed E-state index contributed by atoms with van der Waals surface area (Å²) in [5.41, 5.74) is 0.669. The molecule has 0 aliphatic carbocycles. The van der Waals surface area contributed by atoms with Crippen LogP contribution in [0, 0.1) is 11.3 Å². The third-order valence-corrected chi connectivity index (χ3v) is 5.91. The number of nitriles is 1. The predicted octanol–water partition coefficient (Wildman–Crippen LogP) is 2.30. The van der Waals surface area contributed by atoms with Gasteiger partial charge < -0.3 is 10.2 Å². The minimum absolute atomic E-state index is 0.0267. The number of rotatable bonds is 10. The Morgan fingerprint density at radius 1 is 0.966 bits per heavy atom. The van der Waals surface area contributed by atoms with E-state index in [1.807, 2.05) is 12.1 Å². The molecule has 0 aliphatic rings. The Labute approximate surface area is 170 Å². The maximum absolute atomic E-state index is 12.5. The summed E-state index contributed by atoms with van der Waals surface area (Å²) in [6.07, 6.45) is 0.0991. The van der Waals surface area contributed by atoms with Gasteiger partial charge in [0, 0.05) is 31.6 Å². The number of para-hydroxylation sites is 1. The van der Waals surface area contributed by atoms with Crippen molar-refractivity contribution in [3.63, 3.8) is 0 Å². The second kappa shape index (κ2) is 11.0. The molecule has 0 unspecified atom stereocenters. The highest BCUT2D eigenvalue weighted by Gasteiger charge is 2.17. The molecule has 2 amide bonds. The van der Waals surface area contributed by atoms with Crippen molar-refractivity contribution < 1.29 is 18.0 Å². The van der Waals surface area contributed by atoms with Gasteiger partial charge in [-0.3, -0.25) is 9.59 Å². The molecule has 0 heterocycles. The Morgan fingerprint density at radius 2 is 1.59 bits per heavy atom. The lowest BCUT2D eigenvalue weighted by molar-refractivity contribution is -0.125. The molecule has 0 aromatic heterocycles. The van der Waals surface area contributed by atoms with E-state index in [9.17, 15) is 18.0 Å². The van der Waals surface area contributed by atoms with E-state index in [2.05, 4.69) is 5.32 Å². The zero-order valence-electron chi connectivity index (χ0n) is 16.0. The van der Waals surface area contributed by atoms with E-state index in [0.717, 1.165) is 0 Å². The van der Waals surface area contributed by atoms with Crippen molar-refractivity contribution in [1.29, 1.82) is 5.26 Å². The molecule has 29 heavy (non-hydrogen) atoms. The minimum atomic E-state index is -3.47. The number of hydrogen-bond acceptors (Lipinski definition) is 5. The van der Waals surface area contributed by atoms with E-state index in [0.29, 0.717) is 5.69 Å². The number of nitrogens with zero attached hydrogens (tertiary/aromatic N) is 2. The lowest BCUT2D eigenvalue weighted by Gasteiger charge is -2.21. The van der Waals surface area contributed by atoms with Gasteiger partial charge in [0.1, 0.15) is 0 Å². The normalized spacial score (nSPS) is 10.7. The van der Waals surface area contributed by atoms with E-state index < -0.39 is 15.7 Å². The van der Waals surface area contributed by atoms with E-state index >= 15 is 0 Å². The molecule has 2 aromatic rings. The van der Waals surface area contributed by atoms with Crippen LogP contribution in [0.3, 0.4) is 0 Å². The average molecular weight is 413 g/mol. The van der Waals surface area contributed by atoms with Crippen LogP contribution in [0.1, 0.15) is 19.3 Å². The number of amides is 2. The molecular formula is C21H23N3O4S. The highest BCUT2D eigenvalue weighted by Crippen LogP contribution is 2.15. The molecule has 7 nitrogen and oxygen atoms in total. The molecular weight excluding hydrogens is 390 g/mol. The number of anilines is 1. The van der Waals surface area contributed by atoms with E-state index in [4.69, 9.17) is 5.26 Å². The van der Waals surface area contributed by atoms with Crippen LogP contribution in [0.5, 0.6) is 0 Å². The van der Waals surface area contributed by atoms with Crippen molar-refractivity contribution >= 4 is 27.3 Å². The van der Waals surface area contributed by atoms with Gasteiger partial charge in [-0.05, 0) is 24.3 Å². The summed E-state index contributed by atoms with van der Waals surface area (Å²) in [6, 6.07) is 19.0. The van der Waals surface area contributed by atoms with Crippen molar-refractivity contribution in [2.75, 3.05) is 23.7 Å². The Hall–Kier alpha value is -3.18. The van der Waals surface area contributed by atoms with Crippen LogP contribution in [-0.4, -0.2) is 39.1 Å². The highest BCUT2D eigenvalue weighted by atomic mass is 32.2. The summed E-state index contributed by atoms with van der Waals surface area (Å²) in [7, 11) is -3.47. The second-order valence-electron chi connectivity index (χ2n) is 6.27. The Kier molecular flexibility index (Phi) is 8.37. The van der Waals surface area contributed by atoms with Crippen LogP contribution in [0.25, 0.3) is 0 Å². The van der Waals surface area contributed by atoms with Gasteiger partial charge in [-0.1, -0.05) is 36.4 Å². The van der Waals surface area contributed by atoms with Crippen molar-refractivity contribution in [3.05, 3.63) is 60.7 Å². The summed E-state index contributed by atoms with van der Waals surface area (Å²) in [4.78, 5) is 26.2. The molecule has 0 saturated carbocycles. The molecule has 0 radical (unpaired) electrons. The van der Waals surface area contributed by atoms with Gasteiger partial charge >= 0.3 is 0 Å². The fraction of sp³-hybridized carbons (Fsp3) is 0.286. The molecule has 0 bridgehead atoms. The fourth-order valence-electron chi connectivity index (χ4n) is 2.68. The Morgan fingerprint density at radius 3 is 2.21 bits per heavy atom. The van der Waals surface area contributed by atoms with Crippen molar-refractivity contribution in [1.82, 2.24) is 5.32 Å². The topological polar surface area (TPSA) is 107 Å². The molecule has 8 heteroatoms. The first-order chi connectivity index (χ1) is 13.9. The second-order valence-corrected chi connectivity index (χ2v) is 8.38. The van der Waals surface area contributed by atoms with Crippen LogP contribution in [-0.2, 0) is 19.4 Å². The number of carbonyl (C=O) groups is 2. The standard InChI is InChI=1S/C21H23N3O4S/c22-14-7-16-24(18-8-3-1-4-9-18)21(26)13-12-20(25)23-15-17-29(27,28)19-10-5-2-6-11-19/h1-6,8-11H,7,12-13,15-17H2,(H,23,25). The summed E-state index contributed by atoms with van der Waals surface area (Å²) in [5.74, 6) is -0.872. The smallest absolute Gasteiger partial charge is 0.227 e. The molecule has 0 spiro atoms. The van der Waals surface area contributed by atoms with Gasteiger partial charge in [0.2, 0.25) is 11.8 Å². The molecule has 2 aromatic carbocycles. The Bertz CT molecular complexity index is 954. The van der Waals surface area contributed by atoms with Gasteiger partial charge in [-0.25, -0.2) is 8.42 Å². The minimum Gasteiger partial charge on any atom is -0.355 e. The van der Waals surface area contributed by atoms with Gasteiger partial charge in [0.05, 0.1) is 23.1 Å². The molecule has 1 N–H and O–H groups in total. The molecule has 0 saturated heterocycles. The fourth-order valence-corrected chi connectivity index (χ4v) is 3.86. The quantitative estimate of drug-likeness (QED) is 0.643. The third kappa shape index (κ3) is 7.05. The Balaban J connectivity index is 1.83. The number of hydrogen-bond donors (Lipinski definition) is 1. The van der Waals surface area contributed by atoms with Crippen LogP contribution in [0.15, 0.2) is 65.6 Å². The summed E-state index contributed by atoms with van der Waals surface area (Å²) >= 11 is 0. The van der Waals surface area contributed by atoms with Crippen molar-refractivity contribution in [2.24, 2.45) is 0 Å². The molecule has 0 atom stereocenters. The summed E-state index contributed by atoms with van der Waals surface area (Å²) in [5, 5.41) is 11.4. The van der Waals surface area contributed by atoms with E-state index in [1.54, 1.807) is 42.5 Å². The number of benzene rings is 2. The maximum Gasteiger partial charge on any atom is 0.227 e. The lowest BCUT2D eigenvalue weighted by Crippen LogP contribution is -2.34. The first-order valence-corrected chi connectivity index (χ1v) is 10.9. The molecule has 0 aliphatic heterocycles. The van der Waals surface area contributed by atoms with E-state index in [1.165, 1.54) is 17.0 Å². The highest BCUT2D eigenvalue weighted by molar-refractivity contribution is 7.91. The predicted molar refractivity (Wildman–Crippen MR) is 110 cm³/mol. The van der Waals surface area contributed by atoms with Gasteiger partial charge in [0.15, 0.2) is 9.84 Å². The number of nitrogens with one attached hydrogen (secondary N) is 1. The van der Waals surface area contributed by atoms with Gasteiger partial charge in [0.25, 0.3) is 0 Å². The van der Waals surface area contributed by atoms with Crippen LogP contribution >= 0.6 is 0 Å². The number of sulfone groups is 1. The first kappa shape index (κ1) is 22.1. The van der Waals surface area contributed by atoms with Crippen LogP contribution in [0.4, 0.5) is 5.69 Å².